The largest absolute Gasteiger partial charge is 0.444 e. The Morgan fingerprint density at radius 3 is 2.54 bits per heavy atom. The van der Waals surface area contributed by atoms with Gasteiger partial charge in [-0.1, -0.05) is 29.3 Å². The van der Waals surface area contributed by atoms with E-state index in [-0.39, 0.29) is 22.1 Å². The molecule has 7 heteroatoms. The zero-order valence-electron chi connectivity index (χ0n) is 12.3. The molecule has 1 aromatic heterocycles. The lowest BCUT2D eigenvalue weighted by Crippen LogP contribution is -2.02. The highest BCUT2D eigenvalue weighted by molar-refractivity contribution is 7.83. The molecular formula is C17H12Cl2FNO2S. The molecule has 0 amide bonds. The third-order valence-electron chi connectivity index (χ3n) is 3.32. The Kier molecular flexibility index (Phi) is 5.33. The highest BCUT2D eigenvalue weighted by Gasteiger charge is 2.14. The van der Waals surface area contributed by atoms with E-state index in [9.17, 15) is 8.60 Å². The molecule has 0 unspecified atom stereocenters. The summed E-state index contributed by atoms with van der Waals surface area (Å²) in [6, 6.07) is 11.4. The summed E-state index contributed by atoms with van der Waals surface area (Å²) in [7, 11) is -1.36. The van der Waals surface area contributed by atoms with Crippen molar-refractivity contribution in [3.05, 3.63) is 75.8 Å². The first kappa shape index (κ1) is 17.1. The van der Waals surface area contributed by atoms with Gasteiger partial charge in [0.1, 0.15) is 12.1 Å². The minimum Gasteiger partial charge on any atom is -0.444 e. The molecule has 0 bridgehead atoms. The Bertz CT molecular complexity index is 860. The third-order valence-corrected chi connectivity index (χ3v) is 5.15. The SMILES string of the molecule is O=[S@](Cc1coc(-c2ccc(Cl)cc2)n1)Cc1c(F)cccc1Cl. The van der Waals surface area contributed by atoms with Crippen LogP contribution in [0, 0.1) is 5.82 Å². The third kappa shape index (κ3) is 4.04. The van der Waals surface area contributed by atoms with E-state index in [4.69, 9.17) is 27.6 Å². The van der Waals surface area contributed by atoms with E-state index in [2.05, 4.69) is 4.98 Å². The Hall–Kier alpha value is -1.69. The average molecular weight is 384 g/mol. The number of hydrogen-bond acceptors (Lipinski definition) is 3. The lowest BCUT2D eigenvalue weighted by molar-refractivity contribution is 0.573. The topological polar surface area (TPSA) is 43.1 Å². The van der Waals surface area contributed by atoms with Crippen LogP contribution in [0.4, 0.5) is 4.39 Å². The molecule has 3 aromatic rings. The first-order valence-electron chi connectivity index (χ1n) is 7.01. The van der Waals surface area contributed by atoms with E-state index in [1.807, 2.05) is 0 Å². The molecule has 3 rings (SSSR count). The standard InChI is InChI=1S/C17H12Cl2FNO2S/c18-12-6-4-11(5-7-12)17-21-13(8-23-17)9-24(22)10-14-15(19)2-1-3-16(14)20/h1-8H,9-10H2/t24-/m1/s1. The van der Waals surface area contributed by atoms with E-state index in [1.165, 1.54) is 18.4 Å². The number of benzene rings is 2. The summed E-state index contributed by atoms with van der Waals surface area (Å²) < 4.78 is 31.4. The van der Waals surface area contributed by atoms with Crippen molar-refractivity contribution >= 4 is 34.0 Å². The van der Waals surface area contributed by atoms with E-state index in [1.54, 1.807) is 30.3 Å². The lowest BCUT2D eigenvalue weighted by Gasteiger charge is -2.04. The minimum atomic E-state index is -1.36. The van der Waals surface area contributed by atoms with Gasteiger partial charge < -0.3 is 4.42 Å². The molecule has 1 atom stereocenters. The van der Waals surface area contributed by atoms with Gasteiger partial charge in [-0.05, 0) is 36.4 Å². The van der Waals surface area contributed by atoms with Crippen molar-refractivity contribution in [1.82, 2.24) is 4.98 Å². The van der Waals surface area contributed by atoms with Gasteiger partial charge in [-0.15, -0.1) is 0 Å². The summed E-state index contributed by atoms with van der Waals surface area (Å²) in [4.78, 5) is 4.31. The number of oxazole rings is 1. The molecule has 0 aliphatic rings. The van der Waals surface area contributed by atoms with Gasteiger partial charge in [0.05, 0.1) is 17.2 Å². The maximum absolute atomic E-state index is 13.7. The zero-order valence-corrected chi connectivity index (χ0v) is 14.7. The van der Waals surface area contributed by atoms with Crippen molar-refractivity contribution in [3.8, 4) is 11.5 Å². The molecule has 2 aromatic carbocycles. The molecule has 0 aliphatic heterocycles. The quantitative estimate of drug-likeness (QED) is 0.605. The Labute approximate surface area is 150 Å². The summed E-state index contributed by atoms with van der Waals surface area (Å²) in [6.07, 6.45) is 1.45. The fraction of sp³-hybridized carbons (Fsp3) is 0.118. The van der Waals surface area contributed by atoms with Gasteiger partial charge >= 0.3 is 0 Å². The monoisotopic (exact) mass is 383 g/mol. The van der Waals surface area contributed by atoms with Crippen LogP contribution in [-0.2, 0) is 22.3 Å². The van der Waals surface area contributed by atoms with Crippen molar-refractivity contribution in [2.45, 2.75) is 11.5 Å². The maximum atomic E-state index is 13.7. The fourth-order valence-corrected chi connectivity index (χ4v) is 3.76. The molecule has 0 saturated heterocycles. The second-order valence-corrected chi connectivity index (χ2v) is 7.38. The van der Waals surface area contributed by atoms with Crippen LogP contribution in [0.15, 0.2) is 53.1 Å². The maximum Gasteiger partial charge on any atom is 0.226 e. The highest BCUT2D eigenvalue weighted by atomic mass is 35.5. The van der Waals surface area contributed by atoms with Crippen molar-refractivity contribution in [3.63, 3.8) is 0 Å². The molecule has 0 aliphatic carbocycles. The van der Waals surface area contributed by atoms with Gasteiger partial charge in [0, 0.05) is 32.0 Å². The van der Waals surface area contributed by atoms with E-state index >= 15 is 0 Å². The van der Waals surface area contributed by atoms with Crippen molar-refractivity contribution in [2.75, 3.05) is 0 Å². The normalized spacial score (nSPS) is 12.3. The number of nitrogens with zero attached hydrogens (tertiary/aromatic N) is 1. The molecule has 3 nitrogen and oxygen atoms in total. The van der Waals surface area contributed by atoms with Gasteiger partial charge in [-0.25, -0.2) is 9.37 Å². The molecule has 0 radical (unpaired) electrons. The van der Waals surface area contributed by atoms with Gasteiger partial charge in [0.15, 0.2) is 0 Å². The van der Waals surface area contributed by atoms with Crippen LogP contribution in [-0.4, -0.2) is 9.19 Å². The summed E-state index contributed by atoms with van der Waals surface area (Å²) in [5.41, 5.74) is 1.55. The van der Waals surface area contributed by atoms with Gasteiger partial charge in [0.25, 0.3) is 0 Å². The Balaban J connectivity index is 1.70. The molecule has 0 saturated carbocycles. The Morgan fingerprint density at radius 1 is 1.08 bits per heavy atom. The number of rotatable bonds is 5. The molecule has 0 fully saturated rings. The smallest absolute Gasteiger partial charge is 0.226 e. The second kappa shape index (κ2) is 7.47. The first-order chi connectivity index (χ1) is 11.5. The molecule has 24 heavy (non-hydrogen) atoms. The van der Waals surface area contributed by atoms with Crippen molar-refractivity contribution in [1.29, 1.82) is 0 Å². The summed E-state index contributed by atoms with van der Waals surface area (Å²) in [5, 5.41) is 0.888. The number of hydrogen-bond donors (Lipinski definition) is 0. The molecule has 0 N–H and O–H groups in total. The fourth-order valence-electron chi connectivity index (χ4n) is 2.15. The molecule has 0 spiro atoms. The minimum absolute atomic E-state index is 0.0225. The van der Waals surface area contributed by atoms with Crippen molar-refractivity contribution < 1.29 is 13.0 Å². The highest BCUT2D eigenvalue weighted by Crippen LogP contribution is 2.23. The van der Waals surface area contributed by atoms with E-state index < -0.39 is 16.6 Å². The average Bonchev–Trinajstić information content (AvgIpc) is 3.00. The van der Waals surface area contributed by atoms with Gasteiger partial charge in [-0.2, -0.15) is 0 Å². The Morgan fingerprint density at radius 2 is 1.83 bits per heavy atom. The van der Waals surface area contributed by atoms with Crippen LogP contribution in [0.1, 0.15) is 11.3 Å². The van der Waals surface area contributed by atoms with Crippen molar-refractivity contribution in [2.24, 2.45) is 0 Å². The predicted octanol–water partition coefficient (Wildman–Crippen LogP) is 5.24. The van der Waals surface area contributed by atoms with Gasteiger partial charge in [-0.3, -0.25) is 4.21 Å². The van der Waals surface area contributed by atoms with Crippen LogP contribution in [0.3, 0.4) is 0 Å². The predicted molar refractivity (Wildman–Crippen MR) is 93.9 cm³/mol. The van der Waals surface area contributed by atoms with Crippen LogP contribution in [0.25, 0.3) is 11.5 Å². The summed E-state index contributed by atoms with van der Waals surface area (Å²) in [6.45, 7) is 0. The number of halogens is 3. The summed E-state index contributed by atoms with van der Waals surface area (Å²) in [5.74, 6) is 0.136. The van der Waals surface area contributed by atoms with Gasteiger partial charge in [0.2, 0.25) is 5.89 Å². The van der Waals surface area contributed by atoms with Crippen LogP contribution in [0.5, 0.6) is 0 Å². The van der Waals surface area contributed by atoms with Crippen LogP contribution >= 0.6 is 23.2 Å². The summed E-state index contributed by atoms with van der Waals surface area (Å²) >= 11 is 11.8. The molecular weight excluding hydrogens is 372 g/mol. The van der Waals surface area contributed by atoms with E-state index in [0.29, 0.717) is 16.6 Å². The van der Waals surface area contributed by atoms with E-state index in [0.717, 1.165) is 5.56 Å². The zero-order chi connectivity index (χ0) is 17.1. The first-order valence-corrected chi connectivity index (χ1v) is 9.25. The van der Waals surface area contributed by atoms with Crippen LogP contribution < -0.4 is 0 Å². The molecule has 124 valence electrons. The molecule has 1 heterocycles. The second-order valence-electron chi connectivity index (χ2n) is 5.08. The van der Waals surface area contributed by atoms with Crippen LogP contribution in [0.2, 0.25) is 10.0 Å². The lowest BCUT2D eigenvalue weighted by atomic mass is 10.2. The number of aromatic nitrogens is 1.